The molecule has 0 bridgehead atoms. The number of piperazine rings is 1. The van der Waals surface area contributed by atoms with Crippen LogP contribution in [-0.2, 0) is 0 Å². The minimum atomic E-state index is -0.135. The van der Waals surface area contributed by atoms with Crippen molar-refractivity contribution in [2.24, 2.45) is 5.92 Å². The van der Waals surface area contributed by atoms with Gasteiger partial charge in [-0.3, -0.25) is 4.90 Å². The molecular formula is C15H23Cl2FN2. The van der Waals surface area contributed by atoms with Crippen molar-refractivity contribution in [3.63, 3.8) is 0 Å². The maximum absolute atomic E-state index is 13.0. The van der Waals surface area contributed by atoms with Gasteiger partial charge in [-0.1, -0.05) is 25.0 Å². The number of rotatable bonds is 4. The molecule has 114 valence electrons. The fourth-order valence-corrected chi connectivity index (χ4v) is 2.84. The molecule has 1 aromatic rings. The summed E-state index contributed by atoms with van der Waals surface area (Å²) in [5.74, 6) is 0.763. The smallest absolute Gasteiger partial charge is 0.123 e. The number of hydrogen-bond donors (Lipinski definition) is 1. The number of benzene rings is 1. The van der Waals surface area contributed by atoms with Crippen LogP contribution in [0.2, 0.25) is 0 Å². The molecule has 1 heterocycles. The minimum Gasteiger partial charge on any atom is -0.314 e. The summed E-state index contributed by atoms with van der Waals surface area (Å²) in [5, 5.41) is 3.40. The van der Waals surface area contributed by atoms with E-state index >= 15 is 0 Å². The van der Waals surface area contributed by atoms with Gasteiger partial charge in [-0.25, -0.2) is 4.39 Å². The Hall–Kier alpha value is -0.350. The van der Waals surface area contributed by atoms with Crippen LogP contribution in [0.4, 0.5) is 4.39 Å². The van der Waals surface area contributed by atoms with E-state index in [1.165, 1.54) is 24.8 Å². The van der Waals surface area contributed by atoms with Crippen LogP contribution in [0.3, 0.4) is 0 Å². The molecule has 0 radical (unpaired) electrons. The van der Waals surface area contributed by atoms with Crippen LogP contribution in [0.15, 0.2) is 24.3 Å². The van der Waals surface area contributed by atoms with Crippen LogP contribution < -0.4 is 5.32 Å². The van der Waals surface area contributed by atoms with E-state index in [0.29, 0.717) is 6.04 Å². The van der Waals surface area contributed by atoms with E-state index in [9.17, 15) is 4.39 Å². The molecular weight excluding hydrogens is 298 g/mol. The lowest BCUT2D eigenvalue weighted by atomic mass is 9.98. The van der Waals surface area contributed by atoms with Gasteiger partial charge in [-0.05, 0) is 30.0 Å². The maximum Gasteiger partial charge on any atom is 0.123 e. The molecule has 1 saturated carbocycles. The summed E-state index contributed by atoms with van der Waals surface area (Å²) >= 11 is 0. The van der Waals surface area contributed by atoms with Gasteiger partial charge < -0.3 is 5.32 Å². The van der Waals surface area contributed by atoms with Gasteiger partial charge >= 0.3 is 0 Å². The van der Waals surface area contributed by atoms with Crippen LogP contribution in [-0.4, -0.2) is 31.1 Å². The minimum absolute atomic E-state index is 0. The maximum atomic E-state index is 13.0. The van der Waals surface area contributed by atoms with Gasteiger partial charge in [-0.15, -0.1) is 24.8 Å². The van der Waals surface area contributed by atoms with Gasteiger partial charge in [0, 0.05) is 32.2 Å². The standard InChI is InChI=1S/C15H21FN2.2ClH/c16-14-5-3-13(4-6-14)15(11-12-1-2-12)18-9-7-17-8-10-18;;/h3-6,12,15,17H,1-2,7-11H2;2*1H/t15-;;/m1../s1. The van der Waals surface area contributed by atoms with Crippen LogP contribution in [0, 0.1) is 11.7 Å². The van der Waals surface area contributed by atoms with E-state index < -0.39 is 0 Å². The van der Waals surface area contributed by atoms with Crippen molar-refractivity contribution in [1.82, 2.24) is 10.2 Å². The lowest BCUT2D eigenvalue weighted by molar-refractivity contribution is 0.160. The summed E-state index contributed by atoms with van der Waals surface area (Å²) in [6.07, 6.45) is 4.00. The summed E-state index contributed by atoms with van der Waals surface area (Å²) < 4.78 is 13.0. The lowest BCUT2D eigenvalue weighted by Crippen LogP contribution is -2.45. The van der Waals surface area contributed by atoms with Crippen LogP contribution in [0.25, 0.3) is 0 Å². The Labute approximate surface area is 132 Å². The molecule has 0 amide bonds. The van der Waals surface area contributed by atoms with Gasteiger partial charge in [0.15, 0.2) is 0 Å². The Bertz CT molecular complexity index is 389. The molecule has 0 aromatic heterocycles. The second-order valence-electron chi connectivity index (χ2n) is 5.53. The van der Waals surface area contributed by atoms with Crippen molar-refractivity contribution in [1.29, 1.82) is 0 Å². The predicted molar refractivity (Wildman–Crippen MR) is 85.4 cm³/mol. The quantitative estimate of drug-likeness (QED) is 0.914. The Kier molecular flexibility index (Phi) is 7.24. The Balaban J connectivity index is 0.000001000. The molecule has 5 heteroatoms. The first-order chi connectivity index (χ1) is 8.83. The monoisotopic (exact) mass is 320 g/mol. The number of hydrogen-bond acceptors (Lipinski definition) is 2. The van der Waals surface area contributed by atoms with E-state index in [0.717, 1.165) is 32.1 Å². The van der Waals surface area contributed by atoms with Crippen LogP contribution >= 0.6 is 24.8 Å². The molecule has 2 aliphatic rings. The van der Waals surface area contributed by atoms with Crippen molar-refractivity contribution < 1.29 is 4.39 Å². The highest BCUT2D eigenvalue weighted by molar-refractivity contribution is 5.85. The summed E-state index contributed by atoms with van der Waals surface area (Å²) in [7, 11) is 0. The van der Waals surface area contributed by atoms with Gasteiger partial charge in [-0.2, -0.15) is 0 Å². The Morgan fingerprint density at radius 2 is 1.70 bits per heavy atom. The first-order valence-corrected chi connectivity index (χ1v) is 7.03. The van der Waals surface area contributed by atoms with Crippen molar-refractivity contribution in [2.75, 3.05) is 26.2 Å². The predicted octanol–water partition coefficient (Wildman–Crippen LogP) is 3.42. The molecule has 1 aromatic carbocycles. The number of halogens is 3. The van der Waals surface area contributed by atoms with Crippen molar-refractivity contribution >= 4 is 24.8 Å². The fourth-order valence-electron chi connectivity index (χ4n) is 2.84. The van der Waals surface area contributed by atoms with Crippen LogP contribution in [0.5, 0.6) is 0 Å². The summed E-state index contributed by atoms with van der Waals surface area (Å²) in [4.78, 5) is 2.56. The van der Waals surface area contributed by atoms with E-state index in [2.05, 4.69) is 10.2 Å². The average molecular weight is 321 g/mol. The molecule has 1 aliphatic heterocycles. The van der Waals surface area contributed by atoms with Gasteiger partial charge in [0.1, 0.15) is 5.82 Å². The normalized spacial score (nSPS) is 20.6. The largest absolute Gasteiger partial charge is 0.314 e. The zero-order chi connectivity index (χ0) is 12.4. The molecule has 20 heavy (non-hydrogen) atoms. The van der Waals surface area contributed by atoms with E-state index in [1.807, 2.05) is 12.1 Å². The molecule has 1 N–H and O–H groups in total. The summed E-state index contributed by atoms with van der Waals surface area (Å²) in [6, 6.07) is 7.60. The molecule has 0 unspecified atom stereocenters. The lowest BCUT2D eigenvalue weighted by Gasteiger charge is -2.35. The average Bonchev–Trinajstić information content (AvgIpc) is 3.22. The summed E-state index contributed by atoms with van der Waals surface area (Å²) in [5.41, 5.74) is 1.28. The second-order valence-corrected chi connectivity index (χ2v) is 5.53. The zero-order valence-corrected chi connectivity index (χ0v) is 13.2. The third-order valence-corrected chi connectivity index (χ3v) is 4.10. The Morgan fingerprint density at radius 3 is 2.25 bits per heavy atom. The third-order valence-electron chi connectivity index (χ3n) is 4.10. The van der Waals surface area contributed by atoms with Crippen LogP contribution in [0.1, 0.15) is 30.9 Å². The van der Waals surface area contributed by atoms with Gasteiger partial charge in [0.2, 0.25) is 0 Å². The molecule has 2 fully saturated rings. The fraction of sp³-hybridized carbons (Fsp3) is 0.600. The van der Waals surface area contributed by atoms with E-state index in [1.54, 1.807) is 12.1 Å². The number of nitrogens with zero attached hydrogens (tertiary/aromatic N) is 1. The molecule has 3 rings (SSSR count). The molecule has 1 saturated heterocycles. The Morgan fingerprint density at radius 1 is 1.10 bits per heavy atom. The van der Waals surface area contributed by atoms with Crippen molar-refractivity contribution in [3.8, 4) is 0 Å². The highest BCUT2D eigenvalue weighted by Gasteiger charge is 2.30. The van der Waals surface area contributed by atoms with Gasteiger partial charge in [0.05, 0.1) is 0 Å². The molecule has 1 aliphatic carbocycles. The van der Waals surface area contributed by atoms with E-state index in [-0.39, 0.29) is 30.6 Å². The number of nitrogens with one attached hydrogen (secondary N) is 1. The molecule has 0 spiro atoms. The third kappa shape index (κ3) is 4.59. The topological polar surface area (TPSA) is 15.3 Å². The SMILES string of the molecule is Cl.Cl.Fc1ccc([C@@H](CC2CC2)N2CCNCC2)cc1. The first-order valence-electron chi connectivity index (χ1n) is 7.03. The zero-order valence-electron chi connectivity index (χ0n) is 11.6. The highest BCUT2D eigenvalue weighted by atomic mass is 35.5. The molecule has 2 nitrogen and oxygen atoms in total. The summed E-state index contributed by atoms with van der Waals surface area (Å²) in [6.45, 7) is 4.36. The van der Waals surface area contributed by atoms with E-state index in [4.69, 9.17) is 0 Å². The van der Waals surface area contributed by atoms with Gasteiger partial charge in [0.25, 0.3) is 0 Å². The van der Waals surface area contributed by atoms with Crippen molar-refractivity contribution in [3.05, 3.63) is 35.6 Å². The highest BCUT2D eigenvalue weighted by Crippen LogP contribution is 2.40. The molecule has 1 atom stereocenters. The second kappa shape index (κ2) is 8.18. The van der Waals surface area contributed by atoms with Crippen molar-refractivity contribution in [2.45, 2.75) is 25.3 Å². The first kappa shape index (κ1) is 17.7.